The van der Waals surface area contributed by atoms with Crippen molar-refractivity contribution in [3.05, 3.63) is 75.0 Å². The molecule has 0 bridgehead atoms. The van der Waals surface area contributed by atoms with E-state index in [0.29, 0.717) is 21.8 Å². The number of anilines is 1. The highest BCUT2D eigenvalue weighted by Gasteiger charge is 2.23. The standard InChI is InChI=1S/C22H22N2O4S/c1-4-28-22(27)20-17(16-10-8-14(2)9-11-16)13-29-21(20)23-18(25)12-24-15(3)6-5-7-19(24)26/h5-11,13H,4,12H2,1-3H3,(H,23,25). The maximum Gasteiger partial charge on any atom is 0.341 e. The SMILES string of the molecule is CCOC(=O)c1c(-c2ccc(C)cc2)csc1NC(=O)Cn1c(C)cccc1=O. The number of rotatable bonds is 6. The van der Waals surface area contributed by atoms with Gasteiger partial charge in [0.1, 0.15) is 17.1 Å². The van der Waals surface area contributed by atoms with Crippen molar-refractivity contribution in [2.45, 2.75) is 27.3 Å². The molecular formula is C22H22N2O4S. The largest absolute Gasteiger partial charge is 0.462 e. The van der Waals surface area contributed by atoms with Gasteiger partial charge in [-0.25, -0.2) is 4.79 Å². The Morgan fingerprint density at radius 2 is 1.83 bits per heavy atom. The quantitative estimate of drug-likeness (QED) is 0.623. The molecule has 0 radical (unpaired) electrons. The van der Waals surface area contributed by atoms with Crippen molar-refractivity contribution < 1.29 is 14.3 Å². The number of hydrogen-bond donors (Lipinski definition) is 1. The number of aryl methyl sites for hydroxylation is 2. The smallest absolute Gasteiger partial charge is 0.341 e. The summed E-state index contributed by atoms with van der Waals surface area (Å²) in [6.45, 7) is 5.58. The molecule has 1 amide bonds. The molecule has 0 spiro atoms. The van der Waals surface area contributed by atoms with Gasteiger partial charge in [-0.1, -0.05) is 35.9 Å². The van der Waals surface area contributed by atoms with Crippen molar-refractivity contribution in [2.75, 3.05) is 11.9 Å². The minimum absolute atomic E-state index is 0.133. The molecule has 29 heavy (non-hydrogen) atoms. The van der Waals surface area contributed by atoms with Gasteiger partial charge in [-0.3, -0.25) is 9.59 Å². The molecule has 1 N–H and O–H groups in total. The number of amides is 1. The van der Waals surface area contributed by atoms with Gasteiger partial charge < -0.3 is 14.6 Å². The van der Waals surface area contributed by atoms with Crippen LogP contribution in [0.4, 0.5) is 5.00 Å². The average molecular weight is 410 g/mol. The van der Waals surface area contributed by atoms with Crippen LogP contribution in [0.2, 0.25) is 0 Å². The predicted molar refractivity (Wildman–Crippen MR) is 115 cm³/mol. The van der Waals surface area contributed by atoms with Crippen LogP contribution in [0.15, 0.2) is 52.6 Å². The maximum absolute atomic E-state index is 12.6. The molecule has 150 valence electrons. The highest BCUT2D eigenvalue weighted by molar-refractivity contribution is 7.15. The van der Waals surface area contributed by atoms with Gasteiger partial charge in [0.25, 0.3) is 5.56 Å². The van der Waals surface area contributed by atoms with Crippen molar-refractivity contribution in [1.29, 1.82) is 0 Å². The Bertz CT molecular complexity index is 1100. The van der Waals surface area contributed by atoms with Gasteiger partial charge >= 0.3 is 5.97 Å². The minimum atomic E-state index is -0.493. The van der Waals surface area contributed by atoms with Crippen LogP contribution in [0.1, 0.15) is 28.5 Å². The van der Waals surface area contributed by atoms with E-state index in [4.69, 9.17) is 4.74 Å². The number of carbonyl (C=O) groups excluding carboxylic acids is 2. The maximum atomic E-state index is 12.6. The zero-order valence-electron chi connectivity index (χ0n) is 16.5. The van der Waals surface area contributed by atoms with E-state index in [9.17, 15) is 14.4 Å². The topological polar surface area (TPSA) is 77.4 Å². The van der Waals surface area contributed by atoms with E-state index >= 15 is 0 Å². The molecule has 3 rings (SSSR count). The van der Waals surface area contributed by atoms with Crippen molar-refractivity contribution in [2.24, 2.45) is 0 Å². The molecule has 2 aromatic heterocycles. The third-order valence-electron chi connectivity index (χ3n) is 4.46. The number of ether oxygens (including phenoxy) is 1. The molecule has 0 aliphatic rings. The molecule has 0 saturated heterocycles. The summed E-state index contributed by atoms with van der Waals surface area (Å²) in [5.41, 5.74) is 3.44. The van der Waals surface area contributed by atoms with Crippen LogP contribution >= 0.6 is 11.3 Å². The van der Waals surface area contributed by atoms with E-state index in [2.05, 4.69) is 5.32 Å². The molecule has 2 heterocycles. The summed E-state index contributed by atoms with van der Waals surface area (Å²) in [4.78, 5) is 37.2. The van der Waals surface area contributed by atoms with E-state index in [-0.39, 0.29) is 24.6 Å². The Morgan fingerprint density at radius 1 is 1.10 bits per heavy atom. The lowest BCUT2D eigenvalue weighted by Crippen LogP contribution is -2.28. The normalized spacial score (nSPS) is 10.6. The molecule has 1 aromatic carbocycles. The number of esters is 1. The fourth-order valence-corrected chi connectivity index (χ4v) is 3.91. The second-order valence-corrected chi connectivity index (χ2v) is 7.46. The van der Waals surface area contributed by atoms with Crippen molar-refractivity contribution in [3.8, 4) is 11.1 Å². The van der Waals surface area contributed by atoms with Crippen molar-refractivity contribution in [1.82, 2.24) is 4.57 Å². The van der Waals surface area contributed by atoms with E-state index in [1.165, 1.54) is 22.0 Å². The summed E-state index contributed by atoms with van der Waals surface area (Å²) in [5, 5.41) is 5.01. The lowest BCUT2D eigenvalue weighted by atomic mass is 10.0. The van der Waals surface area contributed by atoms with Crippen molar-refractivity contribution in [3.63, 3.8) is 0 Å². The van der Waals surface area contributed by atoms with Crippen LogP contribution in [0, 0.1) is 13.8 Å². The molecule has 3 aromatic rings. The van der Waals surface area contributed by atoms with Gasteiger partial charge in [0.2, 0.25) is 5.91 Å². The Morgan fingerprint density at radius 3 is 2.48 bits per heavy atom. The monoisotopic (exact) mass is 410 g/mol. The zero-order chi connectivity index (χ0) is 21.0. The second-order valence-electron chi connectivity index (χ2n) is 6.58. The molecule has 0 aliphatic heterocycles. The summed E-state index contributed by atoms with van der Waals surface area (Å²) in [6.07, 6.45) is 0. The number of hydrogen-bond acceptors (Lipinski definition) is 5. The fourth-order valence-electron chi connectivity index (χ4n) is 2.94. The second kappa shape index (κ2) is 8.87. The molecule has 0 atom stereocenters. The van der Waals surface area contributed by atoms with Crippen molar-refractivity contribution >= 4 is 28.2 Å². The van der Waals surface area contributed by atoms with Crippen LogP contribution in [0.25, 0.3) is 11.1 Å². The Hall–Kier alpha value is -3.19. The van der Waals surface area contributed by atoms with Crippen LogP contribution in [0.3, 0.4) is 0 Å². The summed E-state index contributed by atoms with van der Waals surface area (Å²) >= 11 is 1.26. The Balaban J connectivity index is 1.92. The molecular weight excluding hydrogens is 388 g/mol. The van der Waals surface area contributed by atoms with Gasteiger partial charge in [-0.05, 0) is 32.4 Å². The predicted octanol–water partition coefficient (Wildman–Crippen LogP) is 4.01. The third-order valence-corrected chi connectivity index (χ3v) is 5.35. The van der Waals surface area contributed by atoms with Gasteiger partial charge in [-0.15, -0.1) is 11.3 Å². The number of aromatic nitrogens is 1. The number of pyridine rings is 1. The summed E-state index contributed by atoms with van der Waals surface area (Å²) in [7, 11) is 0. The summed E-state index contributed by atoms with van der Waals surface area (Å²) < 4.78 is 6.59. The van der Waals surface area contributed by atoms with Crippen LogP contribution in [0.5, 0.6) is 0 Å². The third kappa shape index (κ3) is 4.63. The molecule has 0 aliphatic carbocycles. The summed E-state index contributed by atoms with van der Waals surface area (Å²) in [5.74, 6) is -0.878. The minimum Gasteiger partial charge on any atom is -0.462 e. The molecule has 0 saturated carbocycles. The summed E-state index contributed by atoms with van der Waals surface area (Å²) in [6, 6.07) is 12.6. The number of benzene rings is 1. The fraction of sp³-hybridized carbons (Fsp3) is 0.227. The van der Waals surface area contributed by atoms with Crippen LogP contribution < -0.4 is 10.9 Å². The van der Waals surface area contributed by atoms with Gasteiger partial charge in [0.15, 0.2) is 0 Å². The lowest BCUT2D eigenvalue weighted by Gasteiger charge is -2.11. The lowest BCUT2D eigenvalue weighted by molar-refractivity contribution is -0.116. The van der Waals surface area contributed by atoms with Crippen LogP contribution in [-0.2, 0) is 16.1 Å². The Kier molecular flexibility index (Phi) is 6.29. The molecule has 0 fully saturated rings. The van der Waals surface area contributed by atoms with Gasteiger partial charge in [-0.2, -0.15) is 0 Å². The van der Waals surface area contributed by atoms with Gasteiger partial charge in [0, 0.05) is 22.7 Å². The average Bonchev–Trinajstić information content (AvgIpc) is 3.09. The number of nitrogens with zero attached hydrogens (tertiary/aromatic N) is 1. The van der Waals surface area contributed by atoms with E-state index in [1.54, 1.807) is 26.0 Å². The zero-order valence-corrected chi connectivity index (χ0v) is 17.3. The number of nitrogens with one attached hydrogen (secondary N) is 1. The van der Waals surface area contributed by atoms with E-state index < -0.39 is 5.97 Å². The first-order chi connectivity index (χ1) is 13.9. The highest BCUT2D eigenvalue weighted by atomic mass is 32.1. The molecule has 0 unspecified atom stereocenters. The molecule has 7 heteroatoms. The molecule has 6 nitrogen and oxygen atoms in total. The Labute approximate surface area is 172 Å². The first-order valence-electron chi connectivity index (χ1n) is 9.22. The van der Waals surface area contributed by atoms with E-state index in [1.807, 2.05) is 36.6 Å². The van der Waals surface area contributed by atoms with Gasteiger partial charge in [0.05, 0.1) is 6.61 Å². The first-order valence-corrected chi connectivity index (χ1v) is 10.1. The number of carbonyl (C=O) groups is 2. The first kappa shape index (κ1) is 20.5. The highest BCUT2D eigenvalue weighted by Crippen LogP contribution is 2.36. The van der Waals surface area contributed by atoms with Crippen LogP contribution in [-0.4, -0.2) is 23.1 Å². The van der Waals surface area contributed by atoms with E-state index in [0.717, 1.165) is 11.1 Å². The number of thiophene rings is 1.